The summed E-state index contributed by atoms with van der Waals surface area (Å²) < 4.78 is 10.8. The van der Waals surface area contributed by atoms with E-state index in [1.54, 1.807) is 24.3 Å². The van der Waals surface area contributed by atoms with Crippen LogP contribution in [0.25, 0.3) is 0 Å². The van der Waals surface area contributed by atoms with Crippen molar-refractivity contribution in [1.29, 1.82) is 0 Å². The van der Waals surface area contributed by atoms with Crippen LogP contribution < -0.4 is 4.74 Å². The average molecular weight is 272 g/mol. The molecule has 2 rings (SSSR count). The van der Waals surface area contributed by atoms with E-state index in [-0.39, 0.29) is 6.61 Å². The van der Waals surface area contributed by atoms with Gasteiger partial charge in [-0.15, -0.1) is 0 Å². The van der Waals surface area contributed by atoms with Crippen molar-refractivity contribution in [1.82, 2.24) is 0 Å². The molecule has 0 spiro atoms. The van der Waals surface area contributed by atoms with Gasteiger partial charge in [-0.25, -0.2) is 0 Å². The Morgan fingerprint density at radius 3 is 2.44 bits per heavy atom. The first-order chi connectivity index (χ1) is 8.63. The first-order valence-electron chi connectivity index (χ1n) is 5.65. The number of aliphatic hydroxyl groups excluding tert-OH is 3. The molecule has 18 heavy (non-hydrogen) atoms. The number of aliphatic hydroxyl groups is 3. The molecular weight excluding hydrogens is 256 g/mol. The summed E-state index contributed by atoms with van der Waals surface area (Å²) in [5, 5.41) is 28.1. The molecule has 0 radical (unpaired) electrons. The van der Waals surface area contributed by atoms with Crippen LogP contribution in [-0.2, 0) is 4.74 Å². The van der Waals surface area contributed by atoms with E-state index in [2.05, 4.69) is 12.6 Å². The van der Waals surface area contributed by atoms with Gasteiger partial charge in [0.25, 0.3) is 0 Å². The third-order valence-corrected chi connectivity index (χ3v) is 3.48. The molecule has 1 aliphatic heterocycles. The zero-order valence-corrected chi connectivity index (χ0v) is 10.5. The van der Waals surface area contributed by atoms with E-state index >= 15 is 0 Å². The summed E-state index contributed by atoms with van der Waals surface area (Å²) in [6, 6.07) is 8.82. The molecule has 1 saturated heterocycles. The smallest absolute Gasteiger partial charge is 0.229 e. The van der Waals surface area contributed by atoms with Gasteiger partial charge in [0.1, 0.15) is 18.0 Å². The molecule has 6 heteroatoms. The van der Waals surface area contributed by atoms with Gasteiger partial charge in [0.2, 0.25) is 6.29 Å². The van der Waals surface area contributed by atoms with Crippen LogP contribution in [0.4, 0.5) is 0 Å². The van der Waals surface area contributed by atoms with Crippen molar-refractivity contribution in [3.8, 4) is 5.75 Å². The van der Waals surface area contributed by atoms with Gasteiger partial charge in [-0.2, -0.15) is 12.6 Å². The summed E-state index contributed by atoms with van der Waals surface area (Å²) in [5.41, 5.74) is 0. The largest absolute Gasteiger partial charge is 0.462 e. The molecule has 1 unspecified atom stereocenters. The van der Waals surface area contributed by atoms with Gasteiger partial charge < -0.3 is 24.8 Å². The van der Waals surface area contributed by atoms with Gasteiger partial charge in [0.15, 0.2) is 0 Å². The molecule has 5 atom stereocenters. The highest BCUT2D eigenvalue weighted by atomic mass is 32.1. The predicted molar refractivity (Wildman–Crippen MR) is 67.6 cm³/mol. The Balaban J connectivity index is 2.08. The van der Waals surface area contributed by atoms with E-state index in [9.17, 15) is 10.2 Å². The first-order valence-corrected chi connectivity index (χ1v) is 6.17. The molecule has 5 nitrogen and oxygen atoms in total. The molecule has 100 valence electrons. The van der Waals surface area contributed by atoms with E-state index in [0.29, 0.717) is 5.75 Å². The lowest BCUT2D eigenvalue weighted by Gasteiger charge is -2.39. The van der Waals surface area contributed by atoms with Crippen LogP contribution in [0.15, 0.2) is 30.3 Å². The molecule has 0 amide bonds. The van der Waals surface area contributed by atoms with E-state index in [1.807, 2.05) is 6.07 Å². The van der Waals surface area contributed by atoms with Crippen LogP contribution in [-0.4, -0.2) is 51.8 Å². The van der Waals surface area contributed by atoms with Crippen molar-refractivity contribution in [3.05, 3.63) is 30.3 Å². The Hall–Kier alpha value is -0.790. The van der Waals surface area contributed by atoms with E-state index in [0.717, 1.165) is 0 Å². The minimum atomic E-state index is -1.21. The van der Waals surface area contributed by atoms with Gasteiger partial charge in [0, 0.05) is 0 Å². The Morgan fingerprint density at radius 2 is 1.83 bits per heavy atom. The highest BCUT2D eigenvalue weighted by Crippen LogP contribution is 2.26. The minimum absolute atomic E-state index is 0.299. The van der Waals surface area contributed by atoms with E-state index < -0.39 is 29.9 Å². The lowest BCUT2D eigenvalue weighted by atomic mass is 10.0. The molecule has 0 saturated carbocycles. The van der Waals surface area contributed by atoms with Crippen LogP contribution in [0.2, 0.25) is 0 Å². The molecule has 1 fully saturated rings. The van der Waals surface area contributed by atoms with Gasteiger partial charge >= 0.3 is 0 Å². The fourth-order valence-electron chi connectivity index (χ4n) is 1.80. The van der Waals surface area contributed by atoms with Crippen molar-refractivity contribution in [2.45, 2.75) is 29.9 Å². The monoisotopic (exact) mass is 272 g/mol. The maximum atomic E-state index is 9.85. The van der Waals surface area contributed by atoms with Crippen LogP contribution in [0.5, 0.6) is 5.75 Å². The third-order valence-electron chi connectivity index (χ3n) is 2.84. The number of thiol groups is 1. The van der Waals surface area contributed by atoms with Crippen molar-refractivity contribution in [2.24, 2.45) is 0 Å². The number of ether oxygens (including phenoxy) is 2. The van der Waals surface area contributed by atoms with E-state index in [4.69, 9.17) is 14.6 Å². The number of rotatable bonds is 3. The highest BCUT2D eigenvalue weighted by molar-refractivity contribution is 7.81. The zero-order valence-electron chi connectivity index (χ0n) is 9.59. The van der Waals surface area contributed by atoms with Crippen molar-refractivity contribution >= 4 is 12.6 Å². The summed E-state index contributed by atoms with van der Waals surface area (Å²) >= 11 is 4.11. The lowest BCUT2D eigenvalue weighted by molar-refractivity contribution is -0.237. The molecule has 3 N–H and O–H groups in total. The summed E-state index contributed by atoms with van der Waals surface area (Å²) in [7, 11) is 0. The van der Waals surface area contributed by atoms with E-state index in [1.165, 1.54) is 0 Å². The minimum Gasteiger partial charge on any atom is -0.462 e. The molecule has 1 aromatic carbocycles. The summed E-state index contributed by atoms with van der Waals surface area (Å²) in [6.45, 7) is -0.299. The number of hydrogen-bond donors (Lipinski definition) is 4. The Labute approximate surface area is 110 Å². The summed E-state index contributed by atoms with van der Waals surface area (Å²) in [4.78, 5) is 0. The number of benzene rings is 1. The van der Waals surface area contributed by atoms with Crippen LogP contribution >= 0.6 is 12.6 Å². The topological polar surface area (TPSA) is 79.2 Å². The summed E-state index contributed by atoms with van der Waals surface area (Å²) in [6.07, 6.45) is -4.04. The Kier molecular flexibility index (Phi) is 4.47. The quantitative estimate of drug-likeness (QED) is 0.573. The van der Waals surface area contributed by atoms with Gasteiger partial charge in [-0.05, 0) is 12.1 Å². The second-order valence-electron chi connectivity index (χ2n) is 4.13. The molecular formula is C12H16O5S. The number of hydrogen-bond acceptors (Lipinski definition) is 6. The average Bonchev–Trinajstić information content (AvgIpc) is 2.40. The second kappa shape index (κ2) is 5.90. The maximum absolute atomic E-state index is 9.85. The van der Waals surface area contributed by atoms with Crippen LogP contribution in [0, 0.1) is 0 Å². The normalized spacial score (nSPS) is 36.3. The molecule has 1 heterocycles. The Morgan fingerprint density at radius 1 is 1.17 bits per heavy atom. The molecule has 1 aliphatic rings. The van der Waals surface area contributed by atoms with Crippen LogP contribution in [0.3, 0.4) is 0 Å². The van der Waals surface area contributed by atoms with Gasteiger partial charge in [0.05, 0.1) is 18.0 Å². The van der Waals surface area contributed by atoms with Gasteiger partial charge in [-0.3, -0.25) is 0 Å². The standard InChI is InChI=1S/C12H16O5S/c13-6-8-11(18)9(14)10(15)12(17-8)16-7-4-2-1-3-5-7/h1-5,8-15,18H,6H2/t8-,9-,10-,11+,12?/m1/s1. The van der Waals surface area contributed by atoms with Crippen molar-refractivity contribution in [2.75, 3.05) is 6.61 Å². The van der Waals surface area contributed by atoms with Crippen molar-refractivity contribution in [3.63, 3.8) is 0 Å². The first kappa shape index (κ1) is 13.6. The molecule has 0 aromatic heterocycles. The number of para-hydroxylation sites is 1. The van der Waals surface area contributed by atoms with Crippen molar-refractivity contribution < 1.29 is 24.8 Å². The zero-order chi connectivity index (χ0) is 13.1. The predicted octanol–water partition coefficient (Wildman–Crippen LogP) is -0.197. The van der Waals surface area contributed by atoms with Gasteiger partial charge in [-0.1, -0.05) is 18.2 Å². The molecule has 0 aliphatic carbocycles. The fourth-order valence-corrected chi connectivity index (χ4v) is 2.14. The molecule has 0 bridgehead atoms. The Bertz CT molecular complexity index is 372. The van der Waals surface area contributed by atoms with Crippen LogP contribution in [0.1, 0.15) is 0 Å². The fraction of sp³-hybridized carbons (Fsp3) is 0.500. The third kappa shape index (κ3) is 2.78. The molecule has 1 aromatic rings. The lowest BCUT2D eigenvalue weighted by Crippen LogP contribution is -2.58. The highest BCUT2D eigenvalue weighted by Gasteiger charge is 2.43. The summed E-state index contributed by atoms with van der Waals surface area (Å²) in [5.74, 6) is 0.517. The maximum Gasteiger partial charge on any atom is 0.229 e. The SMILES string of the molecule is OC[C@H]1OC(Oc2ccccc2)[C@H](O)[C@@H](O)[C@H]1S. The second-order valence-corrected chi connectivity index (χ2v) is 4.72.